The van der Waals surface area contributed by atoms with Crippen molar-refractivity contribution < 1.29 is 28.7 Å². The highest BCUT2D eigenvalue weighted by atomic mass is 16.5. The Balaban J connectivity index is 2.16. The largest absolute Gasteiger partial charge is 0.379 e. The summed E-state index contributed by atoms with van der Waals surface area (Å²) in [6.07, 6.45) is 1.38. The van der Waals surface area contributed by atoms with E-state index in [-0.39, 0.29) is 53.8 Å². The van der Waals surface area contributed by atoms with E-state index in [0.717, 1.165) is 52.0 Å². The van der Waals surface area contributed by atoms with Crippen LogP contribution in [0.2, 0.25) is 0 Å². The Labute approximate surface area is 302 Å². The normalized spacial score (nSPS) is 21.7. The fourth-order valence-corrected chi connectivity index (χ4v) is 7.62. The smallest absolute Gasteiger partial charge is 0.245 e. The lowest BCUT2D eigenvalue weighted by molar-refractivity contribution is -0.147. The number of rotatable bonds is 20. The summed E-state index contributed by atoms with van der Waals surface area (Å²) in [4.78, 5) is 62.8. The Morgan fingerprint density at radius 2 is 1.50 bits per heavy atom. The molecule has 8 atom stereocenters. The molecule has 0 aromatic rings. The molecule has 2 aliphatic rings. The van der Waals surface area contributed by atoms with Crippen molar-refractivity contribution >= 4 is 23.6 Å². The van der Waals surface area contributed by atoms with Crippen LogP contribution in [0.3, 0.4) is 0 Å². The van der Waals surface area contributed by atoms with Crippen LogP contribution in [0.25, 0.3) is 0 Å². The Morgan fingerprint density at radius 3 is 2.02 bits per heavy atom. The lowest BCUT2D eigenvalue weighted by atomic mass is 9.89. The van der Waals surface area contributed by atoms with E-state index >= 15 is 0 Å². The van der Waals surface area contributed by atoms with E-state index in [9.17, 15) is 19.2 Å². The molecule has 0 aromatic heterocycles. The number of methoxy groups -OCH3 is 2. The van der Waals surface area contributed by atoms with E-state index in [1.807, 2.05) is 39.5 Å². The van der Waals surface area contributed by atoms with E-state index in [2.05, 4.69) is 46.6 Å². The molecule has 2 fully saturated rings. The maximum absolute atomic E-state index is 14.1. The Hall–Kier alpha value is -2.32. The Kier molecular flexibility index (Phi) is 18.6. The fourth-order valence-electron chi connectivity index (χ4n) is 7.62. The molecule has 3 N–H and O–H groups in total. The summed E-state index contributed by atoms with van der Waals surface area (Å²) in [5.74, 6) is -1.11. The van der Waals surface area contributed by atoms with Gasteiger partial charge in [-0.2, -0.15) is 0 Å². The van der Waals surface area contributed by atoms with Gasteiger partial charge in [0.2, 0.25) is 23.6 Å². The quantitative estimate of drug-likeness (QED) is 0.173. The highest BCUT2D eigenvalue weighted by molar-refractivity contribution is 5.90. The molecule has 4 amide bonds. The summed E-state index contributed by atoms with van der Waals surface area (Å²) < 4.78 is 11.9. The third-order valence-corrected chi connectivity index (χ3v) is 11.1. The molecule has 0 bridgehead atoms. The molecule has 2 heterocycles. The van der Waals surface area contributed by atoms with Gasteiger partial charge in [-0.15, -0.1) is 0 Å². The molecule has 0 spiro atoms. The van der Waals surface area contributed by atoms with Crippen molar-refractivity contribution in [3.8, 4) is 0 Å². The van der Waals surface area contributed by atoms with Crippen LogP contribution in [-0.4, -0.2) is 161 Å². The molecule has 0 aliphatic carbocycles. The van der Waals surface area contributed by atoms with Crippen LogP contribution in [0.4, 0.5) is 0 Å². The molecule has 13 heteroatoms. The number of carbonyl (C=O) groups is 4. The van der Waals surface area contributed by atoms with Gasteiger partial charge in [0.05, 0.1) is 42.7 Å². The van der Waals surface area contributed by atoms with E-state index in [4.69, 9.17) is 9.47 Å². The van der Waals surface area contributed by atoms with Gasteiger partial charge in [0.1, 0.15) is 6.04 Å². The zero-order chi connectivity index (χ0) is 37.7. The summed E-state index contributed by atoms with van der Waals surface area (Å²) >= 11 is 0. The second-order valence-electron chi connectivity index (χ2n) is 15.3. The molecule has 2 saturated heterocycles. The Morgan fingerprint density at radius 1 is 0.880 bits per heavy atom. The number of likely N-dealkylation sites (N-methyl/N-ethyl adjacent to an activating group) is 3. The summed E-state index contributed by atoms with van der Waals surface area (Å²) in [5.41, 5.74) is 0. The van der Waals surface area contributed by atoms with Crippen molar-refractivity contribution in [1.82, 2.24) is 35.6 Å². The first-order valence-electron chi connectivity index (χ1n) is 18.9. The van der Waals surface area contributed by atoms with Gasteiger partial charge in [0.25, 0.3) is 0 Å². The summed E-state index contributed by atoms with van der Waals surface area (Å²) in [6.45, 7) is 19.8. The molecule has 0 aromatic carbocycles. The third-order valence-electron chi connectivity index (χ3n) is 11.1. The van der Waals surface area contributed by atoms with E-state index in [1.54, 1.807) is 33.2 Å². The molecular weight excluding hydrogens is 638 g/mol. The van der Waals surface area contributed by atoms with Crippen LogP contribution >= 0.6 is 0 Å². The van der Waals surface area contributed by atoms with E-state index in [1.165, 1.54) is 0 Å². The average molecular weight is 710 g/mol. The minimum absolute atomic E-state index is 0.0154. The van der Waals surface area contributed by atoms with Crippen LogP contribution in [0, 0.1) is 23.7 Å². The van der Waals surface area contributed by atoms with Gasteiger partial charge >= 0.3 is 0 Å². The van der Waals surface area contributed by atoms with Crippen LogP contribution in [-0.2, 0) is 28.7 Å². The SMILES string of the molecule is CC[C@H](C)[C@@H]([C@@H](CC(=O)N1CCC[C@H]1[C@H](OC)[C@@H](C)C(=O)NCCN1CCN(C)CC1)OC)N(C)C(=O)C(NC(=O)[C@@H](NC)C(C)C)C(C)C. The third kappa shape index (κ3) is 11.9. The van der Waals surface area contributed by atoms with Gasteiger partial charge in [0.15, 0.2) is 0 Å². The minimum Gasteiger partial charge on any atom is -0.379 e. The van der Waals surface area contributed by atoms with Gasteiger partial charge in [-0.1, -0.05) is 54.9 Å². The molecule has 2 rings (SSSR count). The van der Waals surface area contributed by atoms with Gasteiger partial charge in [-0.05, 0) is 44.7 Å². The van der Waals surface area contributed by atoms with E-state index < -0.39 is 36.3 Å². The van der Waals surface area contributed by atoms with Crippen LogP contribution in [0.1, 0.15) is 74.1 Å². The number of amides is 4. The maximum Gasteiger partial charge on any atom is 0.245 e. The topological polar surface area (TPSA) is 136 Å². The first-order valence-corrected chi connectivity index (χ1v) is 18.9. The molecule has 0 radical (unpaired) electrons. The molecular formula is C37H71N7O6. The standard InChI is InChI=1S/C37H71N7O6/c1-13-26(6)33(42(10)37(48)32(25(4)5)40-36(47)31(38-8)24(2)3)29(49-11)23-30(45)44-17-14-15-28(44)34(50-12)27(7)35(46)39-16-18-43-21-19-41(9)20-22-43/h24-29,31-34,38H,13-23H2,1-12H3,(H,39,46)(H,40,47)/t26-,27+,28-,29+,31-,32?,33-,34+/m0/s1. The van der Waals surface area contributed by atoms with Crippen LogP contribution < -0.4 is 16.0 Å². The van der Waals surface area contributed by atoms with Crippen molar-refractivity contribution in [2.45, 2.75) is 111 Å². The molecule has 2 aliphatic heterocycles. The lowest BCUT2D eigenvalue weighted by Crippen LogP contribution is -2.59. The van der Waals surface area contributed by atoms with Crippen LogP contribution in [0.5, 0.6) is 0 Å². The fraction of sp³-hybridized carbons (Fsp3) is 0.892. The number of hydrogen-bond donors (Lipinski definition) is 3. The summed E-state index contributed by atoms with van der Waals surface area (Å²) in [6, 6.07) is -1.81. The molecule has 290 valence electrons. The second kappa shape index (κ2) is 21.3. The number of nitrogens with zero attached hydrogens (tertiary/aromatic N) is 4. The predicted octanol–water partition coefficient (Wildman–Crippen LogP) is 1.66. The first kappa shape index (κ1) is 43.8. The molecule has 0 saturated carbocycles. The molecule has 1 unspecified atom stereocenters. The summed E-state index contributed by atoms with van der Waals surface area (Å²) in [7, 11) is 8.82. The lowest BCUT2D eigenvalue weighted by Gasteiger charge is -2.41. The number of likely N-dealkylation sites (tertiary alicyclic amines) is 1. The van der Waals surface area contributed by atoms with Crippen molar-refractivity contribution in [1.29, 1.82) is 0 Å². The zero-order valence-corrected chi connectivity index (χ0v) is 33.3. The zero-order valence-electron chi connectivity index (χ0n) is 33.3. The number of hydrogen-bond acceptors (Lipinski definition) is 9. The number of piperazine rings is 1. The van der Waals surface area contributed by atoms with Crippen molar-refractivity contribution in [2.24, 2.45) is 23.7 Å². The predicted molar refractivity (Wildman–Crippen MR) is 198 cm³/mol. The maximum atomic E-state index is 14.1. The average Bonchev–Trinajstić information content (AvgIpc) is 3.57. The highest BCUT2D eigenvalue weighted by Gasteiger charge is 2.43. The molecule has 50 heavy (non-hydrogen) atoms. The number of nitrogens with one attached hydrogen (secondary N) is 3. The highest BCUT2D eigenvalue weighted by Crippen LogP contribution is 2.29. The second-order valence-corrected chi connectivity index (χ2v) is 15.3. The van der Waals surface area contributed by atoms with Gasteiger partial charge in [-0.25, -0.2) is 0 Å². The van der Waals surface area contributed by atoms with Crippen LogP contribution in [0.15, 0.2) is 0 Å². The van der Waals surface area contributed by atoms with Gasteiger partial charge in [-0.3, -0.25) is 24.1 Å². The van der Waals surface area contributed by atoms with Crippen molar-refractivity contribution in [3.05, 3.63) is 0 Å². The molecule has 13 nitrogen and oxygen atoms in total. The Bertz CT molecular complexity index is 1070. The van der Waals surface area contributed by atoms with Crippen molar-refractivity contribution in [3.63, 3.8) is 0 Å². The van der Waals surface area contributed by atoms with E-state index in [0.29, 0.717) is 13.1 Å². The minimum atomic E-state index is -0.735. The van der Waals surface area contributed by atoms with Crippen molar-refractivity contribution in [2.75, 3.05) is 81.2 Å². The first-order chi connectivity index (χ1) is 23.6. The number of carbonyl (C=O) groups excluding carboxylic acids is 4. The summed E-state index contributed by atoms with van der Waals surface area (Å²) in [5, 5.41) is 9.16. The van der Waals surface area contributed by atoms with Gasteiger partial charge < -0.3 is 40.1 Å². The monoisotopic (exact) mass is 710 g/mol. The van der Waals surface area contributed by atoms with Gasteiger partial charge in [0, 0.05) is 67.1 Å². The number of ether oxygens (including phenoxy) is 2.